The summed E-state index contributed by atoms with van der Waals surface area (Å²) in [5.74, 6) is 0.428. The second-order valence-electron chi connectivity index (χ2n) is 7.46. The number of carbonyl (C=O) groups is 1. The summed E-state index contributed by atoms with van der Waals surface area (Å²) in [6.07, 6.45) is 0. The Hall–Kier alpha value is -2.04. The number of rotatable bonds is 5. The van der Waals surface area contributed by atoms with E-state index in [2.05, 4.69) is 41.1 Å². The van der Waals surface area contributed by atoms with Crippen LogP contribution in [0.15, 0.2) is 42.5 Å². The van der Waals surface area contributed by atoms with Crippen molar-refractivity contribution < 1.29 is 4.79 Å². The van der Waals surface area contributed by atoms with Crippen molar-refractivity contribution in [1.82, 2.24) is 4.90 Å². The van der Waals surface area contributed by atoms with E-state index < -0.39 is 0 Å². The maximum Gasteiger partial charge on any atom is 0.238 e. The number of nitrogens with one attached hydrogen (secondary N) is 1. The molecule has 0 saturated carbocycles. The molecule has 1 saturated heterocycles. The molecule has 0 aliphatic carbocycles. The maximum atomic E-state index is 12.6. The third-order valence-corrected chi connectivity index (χ3v) is 5.44. The van der Waals surface area contributed by atoms with Crippen LogP contribution in [-0.2, 0) is 4.79 Å². The van der Waals surface area contributed by atoms with Crippen LogP contribution >= 0.6 is 11.6 Å². The number of halogens is 1. The maximum absolute atomic E-state index is 12.6. The van der Waals surface area contributed by atoms with Gasteiger partial charge < -0.3 is 10.2 Å². The Balaban J connectivity index is 1.57. The molecule has 2 aromatic rings. The normalized spacial score (nSPS) is 15.2. The van der Waals surface area contributed by atoms with Crippen LogP contribution in [0, 0.1) is 6.92 Å². The Morgan fingerprint density at radius 1 is 1.07 bits per heavy atom. The van der Waals surface area contributed by atoms with Crippen LogP contribution in [0.5, 0.6) is 0 Å². The number of para-hydroxylation sites is 2. The molecule has 1 aliphatic heterocycles. The fourth-order valence-electron chi connectivity index (χ4n) is 3.58. The van der Waals surface area contributed by atoms with Gasteiger partial charge in [-0.15, -0.1) is 0 Å². The standard InChI is InChI=1S/C22H28ClN3O/c1-16(2)18-8-6-7-17(3)22(18)24-21(27)15-25-11-13-26(14-12-25)20-10-5-4-9-19(20)23/h4-10,16H,11-15H2,1-3H3,(H,24,27). The summed E-state index contributed by atoms with van der Waals surface area (Å²) in [5, 5.41) is 3.93. The van der Waals surface area contributed by atoms with E-state index in [4.69, 9.17) is 11.6 Å². The van der Waals surface area contributed by atoms with Crippen molar-refractivity contribution in [3.8, 4) is 0 Å². The molecule has 0 atom stereocenters. The van der Waals surface area contributed by atoms with Crippen LogP contribution in [0.4, 0.5) is 11.4 Å². The first-order chi connectivity index (χ1) is 13.0. The van der Waals surface area contributed by atoms with E-state index in [1.165, 1.54) is 5.56 Å². The highest BCUT2D eigenvalue weighted by Crippen LogP contribution is 2.28. The van der Waals surface area contributed by atoms with Gasteiger partial charge in [0.2, 0.25) is 5.91 Å². The van der Waals surface area contributed by atoms with Gasteiger partial charge in [-0.3, -0.25) is 9.69 Å². The van der Waals surface area contributed by atoms with E-state index in [0.717, 1.165) is 48.1 Å². The first kappa shape index (κ1) is 19.7. The summed E-state index contributed by atoms with van der Waals surface area (Å²) in [6.45, 7) is 10.2. The first-order valence-corrected chi connectivity index (χ1v) is 9.94. The lowest BCUT2D eigenvalue weighted by Crippen LogP contribution is -2.48. The number of anilines is 2. The Labute approximate surface area is 167 Å². The molecule has 3 rings (SSSR count). The van der Waals surface area contributed by atoms with E-state index in [9.17, 15) is 4.79 Å². The van der Waals surface area contributed by atoms with Crippen molar-refractivity contribution in [2.24, 2.45) is 0 Å². The molecule has 0 unspecified atom stereocenters. The predicted octanol–water partition coefficient (Wildman–Crippen LogP) is 4.53. The van der Waals surface area contributed by atoms with Crippen LogP contribution in [0.3, 0.4) is 0 Å². The average molecular weight is 386 g/mol. The zero-order valence-electron chi connectivity index (χ0n) is 16.3. The molecule has 0 spiro atoms. The van der Waals surface area contributed by atoms with Gasteiger partial charge in [0.25, 0.3) is 0 Å². The number of piperazine rings is 1. The van der Waals surface area contributed by atoms with Crippen LogP contribution in [0.1, 0.15) is 30.9 Å². The van der Waals surface area contributed by atoms with Gasteiger partial charge in [0, 0.05) is 31.9 Å². The molecule has 27 heavy (non-hydrogen) atoms. The van der Waals surface area contributed by atoms with E-state index >= 15 is 0 Å². The molecular formula is C22H28ClN3O. The number of benzene rings is 2. The molecule has 1 heterocycles. The highest BCUT2D eigenvalue weighted by Gasteiger charge is 2.21. The number of aryl methyl sites for hydroxylation is 1. The third kappa shape index (κ3) is 4.82. The minimum atomic E-state index is 0.0531. The zero-order valence-corrected chi connectivity index (χ0v) is 17.1. The van der Waals surface area contributed by atoms with Crippen molar-refractivity contribution in [3.05, 3.63) is 58.6 Å². The summed E-state index contributed by atoms with van der Waals surface area (Å²) in [7, 11) is 0. The lowest BCUT2D eigenvalue weighted by molar-refractivity contribution is -0.117. The van der Waals surface area contributed by atoms with Gasteiger partial charge in [-0.25, -0.2) is 0 Å². The van der Waals surface area contributed by atoms with Crippen LogP contribution in [0.25, 0.3) is 0 Å². The topological polar surface area (TPSA) is 35.6 Å². The quantitative estimate of drug-likeness (QED) is 0.821. The van der Waals surface area contributed by atoms with Gasteiger partial charge >= 0.3 is 0 Å². The Bertz CT molecular complexity index is 798. The van der Waals surface area contributed by atoms with E-state index in [-0.39, 0.29) is 5.91 Å². The fraction of sp³-hybridized carbons (Fsp3) is 0.409. The SMILES string of the molecule is Cc1cccc(C(C)C)c1NC(=O)CN1CCN(c2ccccc2Cl)CC1. The van der Waals surface area contributed by atoms with Crippen molar-refractivity contribution in [1.29, 1.82) is 0 Å². The van der Waals surface area contributed by atoms with E-state index in [0.29, 0.717) is 12.5 Å². The van der Waals surface area contributed by atoms with Gasteiger partial charge in [0.05, 0.1) is 17.3 Å². The van der Waals surface area contributed by atoms with Crippen molar-refractivity contribution in [2.75, 3.05) is 42.9 Å². The monoisotopic (exact) mass is 385 g/mol. The predicted molar refractivity (Wildman–Crippen MR) is 114 cm³/mol. The van der Waals surface area contributed by atoms with Gasteiger partial charge in [0.15, 0.2) is 0 Å². The minimum Gasteiger partial charge on any atom is -0.368 e. The molecule has 1 aliphatic rings. The summed E-state index contributed by atoms with van der Waals surface area (Å²) < 4.78 is 0. The Kier molecular flexibility index (Phi) is 6.40. The van der Waals surface area contributed by atoms with Crippen LogP contribution in [0.2, 0.25) is 5.02 Å². The van der Waals surface area contributed by atoms with Gasteiger partial charge in [-0.05, 0) is 36.1 Å². The molecule has 1 amide bonds. The Morgan fingerprint density at radius 3 is 2.44 bits per heavy atom. The summed E-state index contributed by atoms with van der Waals surface area (Å²) >= 11 is 6.30. The van der Waals surface area contributed by atoms with Crippen molar-refractivity contribution in [2.45, 2.75) is 26.7 Å². The van der Waals surface area contributed by atoms with E-state index in [1.54, 1.807) is 0 Å². The van der Waals surface area contributed by atoms with E-state index in [1.807, 2.05) is 37.3 Å². The summed E-state index contributed by atoms with van der Waals surface area (Å²) in [4.78, 5) is 17.1. The lowest BCUT2D eigenvalue weighted by Gasteiger charge is -2.36. The highest BCUT2D eigenvalue weighted by molar-refractivity contribution is 6.33. The molecular weight excluding hydrogens is 358 g/mol. The fourth-order valence-corrected chi connectivity index (χ4v) is 3.83. The first-order valence-electron chi connectivity index (χ1n) is 9.57. The smallest absolute Gasteiger partial charge is 0.238 e. The van der Waals surface area contributed by atoms with Crippen LogP contribution < -0.4 is 10.2 Å². The largest absolute Gasteiger partial charge is 0.368 e. The molecule has 5 heteroatoms. The molecule has 0 bridgehead atoms. The minimum absolute atomic E-state index is 0.0531. The average Bonchev–Trinajstić information content (AvgIpc) is 2.64. The molecule has 4 nitrogen and oxygen atoms in total. The molecule has 0 radical (unpaired) electrons. The number of amides is 1. The van der Waals surface area contributed by atoms with Crippen molar-refractivity contribution in [3.63, 3.8) is 0 Å². The summed E-state index contributed by atoms with van der Waals surface area (Å²) in [5.41, 5.74) is 4.34. The second-order valence-corrected chi connectivity index (χ2v) is 7.86. The van der Waals surface area contributed by atoms with Crippen molar-refractivity contribution >= 4 is 28.9 Å². The number of nitrogens with zero attached hydrogens (tertiary/aromatic N) is 2. The number of hydrogen-bond donors (Lipinski definition) is 1. The lowest BCUT2D eigenvalue weighted by atomic mass is 9.98. The molecule has 144 valence electrons. The Morgan fingerprint density at radius 2 is 1.78 bits per heavy atom. The molecule has 0 aromatic heterocycles. The molecule has 1 fully saturated rings. The zero-order chi connectivity index (χ0) is 19.4. The van der Waals surface area contributed by atoms with Crippen LogP contribution in [-0.4, -0.2) is 43.5 Å². The van der Waals surface area contributed by atoms with Gasteiger partial charge in [0.1, 0.15) is 0 Å². The molecule has 2 aromatic carbocycles. The van der Waals surface area contributed by atoms with Gasteiger partial charge in [-0.1, -0.05) is 55.8 Å². The number of hydrogen-bond acceptors (Lipinski definition) is 3. The second kappa shape index (κ2) is 8.77. The number of carbonyl (C=O) groups excluding carboxylic acids is 1. The molecule has 1 N–H and O–H groups in total. The van der Waals surface area contributed by atoms with Gasteiger partial charge in [-0.2, -0.15) is 0 Å². The highest BCUT2D eigenvalue weighted by atomic mass is 35.5. The third-order valence-electron chi connectivity index (χ3n) is 5.12. The summed E-state index contributed by atoms with van der Waals surface area (Å²) in [6, 6.07) is 14.1.